The van der Waals surface area contributed by atoms with Crippen molar-refractivity contribution in [2.24, 2.45) is 0 Å². The minimum Gasteiger partial charge on any atom is -0.422 e. The van der Waals surface area contributed by atoms with Gasteiger partial charge in [-0.05, 0) is 54.9 Å². The summed E-state index contributed by atoms with van der Waals surface area (Å²) in [4.78, 5) is 21.4. The number of halogens is 1. The van der Waals surface area contributed by atoms with Gasteiger partial charge in [0.15, 0.2) is 0 Å². The number of anilines is 1. The van der Waals surface area contributed by atoms with Crippen molar-refractivity contribution in [3.63, 3.8) is 0 Å². The monoisotopic (exact) mass is 463 g/mol. The van der Waals surface area contributed by atoms with Gasteiger partial charge in [-0.2, -0.15) is 0 Å². The molecule has 2 aromatic heterocycles. The largest absolute Gasteiger partial charge is 0.422 e. The molecule has 0 saturated carbocycles. The number of rotatable bonds is 3. The first-order valence-electron chi connectivity index (χ1n) is 10.4. The normalized spacial score (nSPS) is 13.8. The number of nitrogen functional groups attached to an aromatic ring is 1. The van der Waals surface area contributed by atoms with Crippen LogP contribution in [0.1, 0.15) is 26.5 Å². The maximum atomic E-state index is 13.0. The van der Waals surface area contributed by atoms with E-state index in [0.29, 0.717) is 21.3 Å². The zero-order chi connectivity index (χ0) is 22.4. The van der Waals surface area contributed by atoms with E-state index in [9.17, 15) is 4.79 Å². The molecule has 1 aliphatic rings. The highest BCUT2D eigenvalue weighted by Gasteiger charge is 2.27. The number of benzene rings is 2. The number of carbonyl (C=O) groups excluding carboxylic acids is 1. The average Bonchev–Trinajstić information content (AvgIpc) is 3.09. The molecule has 1 aliphatic heterocycles. The molecule has 32 heavy (non-hydrogen) atoms. The van der Waals surface area contributed by atoms with Crippen molar-refractivity contribution in [1.29, 1.82) is 0 Å². The van der Waals surface area contributed by atoms with E-state index in [0.717, 1.165) is 57.7 Å². The summed E-state index contributed by atoms with van der Waals surface area (Å²) in [6, 6.07) is 15.1. The number of aryl methyl sites for hydroxylation is 1. The van der Waals surface area contributed by atoms with E-state index < -0.39 is 5.97 Å². The smallest absolute Gasteiger partial charge is 0.355 e. The Morgan fingerprint density at radius 3 is 2.75 bits per heavy atom. The minimum atomic E-state index is -0.465. The molecule has 3 heterocycles. The Hall–Kier alpha value is -2.93. The maximum Gasteiger partial charge on any atom is 0.355 e. The highest BCUT2D eigenvalue weighted by atomic mass is 35.5. The Kier molecular flexibility index (Phi) is 5.37. The Labute approximate surface area is 195 Å². The third kappa shape index (κ3) is 3.75. The second-order valence-corrected chi connectivity index (χ2v) is 9.57. The summed E-state index contributed by atoms with van der Waals surface area (Å²) in [6.45, 7) is 3.66. The van der Waals surface area contributed by atoms with Crippen LogP contribution in [0.25, 0.3) is 21.3 Å². The van der Waals surface area contributed by atoms with Crippen molar-refractivity contribution < 1.29 is 9.53 Å². The summed E-state index contributed by atoms with van der Waals surface area (Å²) in [6.07, 6.45) is 0.850. The number of fused-ring (bicyclic) bond motifs is 2. The highest BCUT2D eigenvalue weighted by Crippen LogP contribution is 2.43. The first kappa shape index (κ1) is 20.9. The molecule has 2 N–H and O–H groups in total. The van der Waals surface area contributed by atoms with E-state index in [-0.39, 0.29) is 0 Å². The van der Waals surface area contributed by atoms with Gasteiger partial charge in [-0.3, -0.25) is 0 Å². The molecule has 0 saturated heterocycles. The van der Waals surface area contributed by atoms with E-state index in [4.69, 9.17) is 27.1 Å². The van der Waals surface area contributed by atoms with Crippen LogP contribution < -0.4 is 10.5 Å². The first-order chi connectivity index (χ1) is 15.4. The molecule has 0 fully saturated rings. The fourth-order valence-corrected chi connectivity index (χ4v) is 5.31. The second-order valence-electron chi connectivity index (χ2n) is 8.14. The third-order valence-electron chi connectivity index (χ3n) is 5.74. The van der Waals surface area contributed by atoms with Gasteiger partial charge in [0.25, 0.3) is 0 Å². The highest BCUT2D eigenvalue weighted by molar-refractivity contribution is 7.21. The van der Waals surface area contributed by atoms with Crippen LogP contribution >= 0.6 is 22.9 Å². The maximum absolute atomic E-state index is 13.0. The predicted octanol–water partition coefficient (Wildman–Crippen LogP) is 5.71. The second kappa shape index (κ2) is 8.20. The molecule has 0 atom stereocenters. The molecule has 4 aromatic rings. The minimum absolute atomic E-state index is 0.375. The Bertz CT molecular complexity index is 1350. The Morgan fingerprint density at radius 2 is 2.00 bits per heavy atom. The molecule has 0 unspecified atom stereocenters. The molecule has 5 rings (SSSR count). The van der Waals surface area contributed by atoms with E-state index in [1.807, 2.05) is 49.4 Å². The number of aromatic nitrogens is 1. The standard InChI is InChI=1S/C25H22ClN3O2S/c1-14-4-3-5-17(12-14)31-25(30)23-22(27)21-20(15-6-8-16(26)9-7-15)18-13-29(2)11-10-19(18)28-24(21)32-23/h3-9,12H,10-11,13,27H2,1-2H3. The number of nitrogens with two attached hydrogens (primary N) is 1. The summed E-state index contributed by atoms with van der Waals surface area (Å²) >= 11 is 7.44. The number of hydrogen-bond acceptors (Lipinski definition) is 6. The van der Waals surface area contributed by atoms with Crippen LogP contribution in [0.5, 0.6) is 5.75 Å². The number of hydrogen-bond donors (Lipinski definition) is 1. The van der Waals surface area contributed by atoms with Crippen molar-refractivity contribution in [2.75, 3.05) is 19.3 Å². The lowest BCUT2D eigenvalue weighted by Gasteiger charge is -2.27. The molecular weight excluding hydrogens is 442 g/mol. The summed E-state index contributed by atoms with van der Waals surface area (Å²) in [5.41, 5.74) is 12.3. The Balaban J connectivity index is 1.68. The summed E-state index contributed by atoms with van der Waals surface area (Å²) in [5, 5.41) is 1.48. The number of thiophene rings is 1. The summed E-state index contributed by atoms with van der Waals surface area (Å²) in [5.74, 6) is 0.0342. The van der Waals surface area contributed by atoms with Gasteiger partial charge in [0.1, 0.15) is 15.5 Å². The Morgan fingerprint density at radius 1 is 1.22 bits per heavy atom. The summed E-state index contributed by atoms with van der Waals surface area (Å²) < 4.78 is 5.63. The molecular formula is C25H22ClN3O2S. The molecule has 7 heteroatoms. The van der Waals surface area contributed by atoms with Gasteiger partial charge in [0.2, 0.25) is 0 Å². The predicted molar refractivity (Wildman–Crippen MR) is 131 cm³/mol. The van der Waals surface area contributed by atoms with Crippen LogP contribution in [0, 0.1) is 6.92 Å². The lowest BCUT2D eigenvalue weighted by atomic mass is 9.92. The van der Waals surface area contributed by atoms with Crippen molar-refractivity contribution >= 4 is 44.8 Å². The van der Waals surface area contributed by atoms with Gasteiger partial charge >= 0.3 is 5.97 Å². The molecule has 5 nitrogen and oxygen atoms in total. The van der Waals surface area contributed by atoms with Gasteiger partial charge in [0.05, 0.1) is 5.69 Å². The quantitative estimate of drug-likeness (QED) is 0.311. The topological polar surface area (TPSA) is 68.4 Å². The van der Waals surface area contributed by atoms with Crippen LogP contribution in [0.3, 0.4) is 0 Å². The first-order valence-corrected chi connectivity index (χ1v) is 11.6. The molecule has 2 aromatic carbocycles. The molecule has 0 aliphatic carbocycles. The zero-order valence-electron chi connectivity index (χ0n) is 17.8. The van der Waals surface area contributed by atoms with Crippen LogP contribution in [0.2, 0.25) is 5.02 Å². The van der Waals surface area contributed by atoms with Gasteiger partial charge in [0, 0.05) is 41.2 Å². The van der Waals surface area contributed by atoms with E-state index >= 15 is 0 Å². The van der Waals surface area contributed by atoms with Crippen LogP contribution in [-0.2, 0) is 13.0 Å². The average molecular weight is 464 g/mol. The number of esters is 1. The lowest BCUT2D eigenvalue weighted by molar-refractivity contribution is 0.0741. The number of likely N-dealkylation sites (N-methyl/N-ethyl adjacent to an activating group) is 1. The van der Waals surface area contributed by atoms with Crippen molar-refractivity contribution in [3.8, 4) is 16.9 Å². The van der Waals surface area contributed by atoms with Gasteiger partial charge in [-0.25, -0.2) is 9.78 Å². The van der Waals surface area contributed by atoms with Crippen LogP contribution in [0.4, 0.5) is 5.69 Å². The zero-order valence-corrected chi connectivity index (χ0v) is 19.4. The number of ether oxygens (including phenoxy) is 1. The number of pyridine rings is 1. The molecule has 0 radical (unpaired) electrons. The van der Waals surface area contributed by atoms with Gasteiger partial charge < -0.3 is 15.4 Å². The fourth-order valence-electron chi connectivity index (χ4n) is 4.18. The summed E-state index contributed by atoms with van der Waals surface area (Å²) in [7, 11) is 2.10. The SMILES string of the molecule is Cc1cccc(OC(=O)c2sc3nc4c(c(-c5ccc(Cl)cc5)c3c2N)CN(C)CC4)c1. The van der Waals surface area contributed by atoms with Crippen molar-refractivity contribution in [1.82, 2.24) is 9.88 Å². The lowest BCUT2D eigenvalue weighted by Crippen LogP contribution is -2.27. The van der Waals surface area contributed by atoms with E-state index in [2.05, 4.69) is 11.9 Å². The van der Waals surface area contributed by atoms with Gasteiger partial charge in [-0.1, -0.05) is 35.9 Å². The molecule has 162 valence electrons. The fraction of sp³-hybridized carbons (Fsp3) is 0.200. The number of carbonyl (C=O) groups is 1. The van der Waals surface area contributed by atoms with Crippen LogP contribution in [0.15, 0.2) is 48.5 Å². The number of nitrogens with zero attached hydrogens (tertiary/aromatic N) is 2. The molecule has 0 amide bonds. The third-order valence-corrected chi connectivity index (χ3v) is 7.07. The molecule has 0 spiro atoms. The van der Waals surface area contributed by atoms with E-state index in [1.54, 1.807) is 6.07 Å². The van der Waals surface area contributed by atoms with Crippen molar-refractivity contribution in [2.45, 2.75) is 19.9 Å². The molecule has 0 bridgehead atoms. The van der Waals surface area contributed by atoms with Crippen molar-refractivity contribution in [3.05, 3.63) is 75.3 Å². The van der Waals surface area contributed by atoms with E-state index in [1.165, 1.54) is 11.3 Å². The van der Waals surface area contributed by atoms with Crippen LogP contribution in [-0.4, -0.2) is 29.4 Å². The van der Waals surface area contributed by atoms with Gasteiger partial charge in [-0.15, -0.1) is 11.3 Å².